The topological polar surface area (TPSA) is 110 Å². The molecule has 0 bridgehead atoms. The first-order chi connectivity index (χ1) is 14.4. The number of anilines is 1. The number of carbonyl (C=O) groups is 2. The van der Waals surface area contributed by atoms with Gasteiger partial charge < -0.3 is 9.72 Å². The minimum absolute atomic E-state index is 0.293. The molecule has 2 N–H and O–H groups in total. The van der Waals surface area contributed by atoms with E-state index in [2.05, 4.69) is 15.6 Å². The fourth-order valence-corrected chi connectivity index (χ4v) is 5.20. The zero-order chi connectivity index (χ0) is 20.9. The molecule has 1 saturated heterocycles. The van der Waals surface area contributed by atoms with Gasteiger partial charge in [0.2, 0.25) is 9.84 Å². The lowest BCUT2D eigenvalue weighted by molar-refractivity contribution is -0.115. The predicted molar refractivity (Wildman–Crippen MR) is 114 cm³/mol. The molecule has 2 aromatic heterocycles. The molecule has 1 fully saturated rings. The van der Waals surface area contributed by atoms with Gasteiger partial charge in [0.25, 0.3) is 11.1 Å². The van der Waals surface area contributed by atoms with E-state index in [0.717, 1.165) is 28.7 Å². The second-order valence-electron chi connectivity index (χ2n) is 6.75. The van der Waals surface area contributed by atoms with Crippen LogP contribution in [0.25, 0.3) is 17.8 Å². The molecule has 0 aliphatic carbocycles. The number of hydrogen-bond donors (Lipinski definition) is 2. The number of rotatable bonds is 4. The van der Waals surface area contributed by atoms with Crippen molar-refractivity contribution < 1.29 is 18.0 Å². The maximum absolute atomic E-state index is 12.1. The third kappa shape index (κ3) is 3.29. The van der Waals surface area contributed by atoms with Crippen LogP contribution in [0.15, 0.2) is 57.9 Å². The molecule has 5 rings (SSSR count). The quantitative estimate of drug-likeness (QED) is 0.603. The molecule has 0 spiro atoms. The van der Waals surface area contributed by atoms with E-state index in [0.29, 0.717) is 27.6 Å². The lowest BCUT2D eigenvalue weighted by atomic mass is 10.2. The molecule has 0 unspecified atom stereocenters. The Hall–Kier alpha value is -3.37. The second-order valence-corrected chi connectivity index (χ2v) is 9.56. The summed E-state index contributed by atoms with van der Waals surface area (Å²) in [5.74, 6) is -0.404. The van der Waals surface area contributed by atoms with Gasteiger partial charge in [0.05, 0.1) is 28.2 Å². The fraction of sp³-hybridized carbons (Fsp3) is 0.0500. The zero-order valence-corrected chi connectivity index (χ0v) is 17.0. The van der Waals surface area contributed by atoms with E-state index in [9.17, 15) is 18.0 Å². The summed E-state index contributed by atoms with van der Waals surface area (Å²) in [7, 11) is -3.36. The standard InChI is InChI=1S/C20H14N4O4S2/c25-19-16(29-20(26)23-19)7-12-1-4-18-22-10-15(24(18)11-12)9-21-14-3-2-13-5-6-30(27,28)17(13)8-14/h1-8,10-11,21H,9H2,(H,23,25,26). The summed E-state index contributed by atoms with van der Waals surface area (Å²) in [6.07, 6.45) is 6.80. The highest BCUT2D eigenvalue weighted by Crippen LogP contribution is 2.29. The van der Waals surface area contributed by atoms with Crippen molar-refractivity contribution in [3.63, 3.8) is 0 Å². The number of imidazole rings is 1. The Morgan fingerprint density at radius 3 is 2.87 bits per heavy atom. The summed E-state index contributed by atoms with van der Waals surface area (Å²) in [4.78, 5) is 28.1. The largest absolute Gasteiger partial charge is 0.379 e. The minimum Gasteiger partial charge on any atom is -0.379 e. The molecular formula is C20H14N4O4S2. The molecule has 1 aromatic carbocycles. The number of imide groups is 1. The summed E-state index contributed by atoms with van der Waals surface area (Å²) in [5.41, 5.74) is 3.71. The molecular weight excluding hydrogens is 424 g/mol. The van der Waals surface area contributed by atoms with Crippen LogP contribution in [0, 0.1) is 0 Å². The summed E-state index contributed by atoms with van der Waals surface area (Å²) >= 11 is 0.867. The molecule has 0 saturated carbocycles. The van der Waals surface area contributed by atoms with E-state index in [1.54, 1.807) is 30.5 Å². The molecule has 4 heterocycles. The second kappa shape index (κ2) is 6.85. The maximum Gasteiger partial charge on any atom is 0.290 e. The van der Waals surface area contributed by atoms with Gasteiger partial charge in [-0.25, -0.2) is 13.4 Å². The number of nitrogens with one attached hydrogen (secondary N) is 2. The Morgan fingerprint density at radius 2 is 2.07 bits per heavy atom. The highest BCUT2D eigenvalue weighted by atomic mass is 32.2. The maximum atomic E-state index is 12.1. The van der Waals surface area contributed by atoms with Crippen LogP contribution in [0.2, 0.25) is 0 Å². The van der Waals surface area contributed by atoms with Crippen molar-refractivity contribution in [2.45, 2.75) is 11.4 Å². The van der Waals surface area contributed by atoms with Crippen molar-refractivity contribution in [2.24, 2.45) is 0 Å². The van der Waals surface area contributed by atoms with Crippen LogP contribution >= 0.6 is 11.8 Å². The van der Waals surface area contributed by atoms with Gasteiger partial charge in [0.15, 0.2) is 0 Å². The average molecular weight is 438 g/mol. The van der Waals surface area contributed by atoms with Crippen molar-refractivity contribution in [3.8, 4) is 0 Å². The Morgan fingerprint density at radius 1 is 1.20 bits per heavy atom. The highest BCUT2D eigenvalue weighted by molar-refractivity contribution is 8.18. The van der Waals surface area contributed by atoms with Crippen molar-refractivity contribution >= 4 is 56.2 Å². The molecule has 2 aliphatic rings. The number of fused-ring (bicyclic) bond motifs is 2. The number of amides is 2. The Balaban J connectivity index is 1.40. The lowest BCUT2D eigenvalue weighted by Crippen LogP contribution is -2.17. The monoisotopic (exact) mass is 438 g/mol. The van der Waals surface area contributed by atoms with E-state index in [1.807, 2.05) is 28.8 Å². The van der Waals surface area contributed by atoms with Gasteiger partial charge in [-0.1, -0.05) is 6.07 Å². The normalized spacial score (nSPS) is 18.2. The van der Waals surface area contributed by atoms with E-state index in [-0.39, 0.29) is 5.24 Å². The number of benzene rings is 1. The molecule has 10 heteroatoms. The van der Waals surface area contributed by atoms with Gasteiger partial charge in [-0.3, -0.25) is 14.9 Å². The first-order valence-corrected chi connectivity index (χ1v) is 11.3. The van der Waals surface area contributed by atoms with Crippen molar-refractivity contribution in [2.75, 3.05) is 5.32 Å². The summed E-state index contributed by atoms with van der Waals surface area (Å²) < 4.78 is 26.0. The fourth-order valence-electron chi connectivity index (χ4n) is 3.29. The van der Waals surface area contributed by atoms with E-state index < -0.39 is 15.7 Å². The van der Waals surface area contributed by atoms with Crippen LogP contribution in [0.5, 0.6) is 0 Å². The van der Waals surface area contributed by atoms with Gasteiger partial charge in [0, 0.05) is 17.3 Å². The number of sulfone groups is 1. The smallest absolute Gasteiger partial charge is 0.290 e. The van der Waals surface area contributed by atoms with Crippen LogP contribution in [-0.4, -0.2) is 28.9 Å². The molecule has 150 valence electrons. The number of aromatic nitrogens is 2. The van der Waals surface area contributed by atoms with E-state index >= 15 is 0 Å². The van der Waals surface area contributed by atoms with Crippen molar-refractivity contribution in [1.82, 2.24) is 14.7 Å². The number of nitrogens with zero attached hydrogens (tertiary/aromatic N) is 2. The Kier molecular flexibility index (Phi) is 4.26. The molecule has 2 aliphatic heterocycles. The third-order valence-electron chi connectivity index (χ3n) is 4.77. The van der Waals surface area contributed by atoms with Gasteiger partial charge in [-0.15, -0.1) is 0 Å². The molecule has 0 radical (unpaired) electrons. The number of carbonyl (C=O) groups excluding carboxylic acids is 2. The van der Waals surface area contributed by atoms with Gasteiger partial charge in [0.1, 0.15) is 5.65 Å². The highest BCUT2D eigenvalue weighted by Gasteiger charge is 2.25. The molecule has 30 heavy (non-hydrogen) atoms. The van der Waals surface area contributed by atoms with Gasteiger partial charge in [-0.05, 0) is 59.3 Å². The summed E-state index contributed by atoms with van der Waals surface area (Å²) in [6.45, 7) is 0.418. The van der Waals surface area contributed by atoms with Crippen LogP contribution in [0.4, 0.5) is 10.5 Å². The Bertz CT molecular complexity index is 1400. The molecule has 0 atom stereocenters. The molecule has 2 amide bonds. The van der Waals surface area contributed by atoms with Crippen LogP contribution in [-0.2, 0) is 21.2 Å². The van der Waals surface area contributed by atoms with Gasteiger partial charge in [-0.2, -0.15) is 0 Å². The van der Waals surface area contributed by atoms with E-state index in [1.165, 1.54) is 5.41 Å². The van der Waals surface area contributed by atoms with Gasteiger partial charge >= 0.3 is 0 Å². The lowest BCUT2D eigenvalue weighted by Gasteiger charge is -2.09. The first kappa shape index (κ1) is 18.6. The molecule has 8 nitrogen and oxygen atoms in total. The number of hydrogen-bond acceptors (Lipinski definition) is 7. The predicted octanol–water partition coefficient (Wildman–Crippen LogP) is 3.03. The molecule has 3 aromatic rings. The van der Waals surface area contributed by atoms with Crippen LogP contribution in [0.3, 0.4) is 0 Å². The summed E-state index contributed by atoms with van der Waals surface area (Å²) in [6, 6.07) is 8.86. The van der Waals surface area contributed by atoms with E-state index in [4.69, 9.17) is 0 Å². The van der Waals surface area contributed by atoms with Crippen LogP contribution in [0.1, 0.15) is 16.8 Å². The first-order valence-electron chi connectivity index (χ1n) is 8.91. The van der Waals surface area contributed by atoms with Crippen molar-refractivity contribution in [1.29, 1.82) is 0 Å². The summed E-state index contributed by atoms with van der Waals surface area (Å²) in [5, 5.41) is 6.29. The number of thioether (sulfide) groups is 1. The SMILES string of the molecule is O=C1NC(=O)C(=Cc2ccc3ncc(CNc4ccc5c(c4)S(=O)(=O)C=C5)n3c2)S1. The third-order valence-corrected chi connectivity index (χ3v) is 7.04. The zero-order valence-electron chi connectivity index (χ0n) is 15.3. The van der Waals surface area contributed by atoms with Crippen molar-refractivity contribution in [3.05, 3.63) is 69.9 Å². The average Bonchev–Trinajstić information content (AvgIpc) is 3.35. The van der Waals surface area contributed by atoms with Crippen LogP contribution < -0.4 is 10.6 Å². The minimum atomic E-state index is -3.36. The number of pyridine rings is 1. The Labute approximate surface area is 175 Å².